The molecule has 27 heavy (non-hydrogen) atoms. The number of aryl methyl sites for hydroxylation is 1. The number of imidazole rings is 1. The van der Waals surface area contributed by atoms with Crippen LogP contribution in [0.3, 0.4) is 0 Å². The summed E-state index contributed by atoms with van der Waals surface area (Å²) < 4.78 is 7.19. The summed E-state index contributed by atoms with van der Waals surface area (Å²) in [7, 11) is 0. The number of benzene rings is 2. The van der Waals surface area contributed by atoms with Crippen molar-refractivity contribution in [1.82, 2.24) is 19.7 Å². The molecule has 0 aliphatic rings. The Bertz CT molecular complexity index is 1030. The second kappa shape index (κ2) is 7.45. The lowest BCUT2D eigenvalue weighted by atomic mass is 10.2. The van der Waals surface area contributed by atoms with Gasteiger partial charge in [-0.05, 0) is 24.1 Å². The van der Waals surface area contributed by atoms with Gasteiger partial charge in [-0.15, -0.1) is 0 Å². The van der Waals surface area contributed by atoms with E-state index in [1.54, 1.807) is 10.7 Å². The van der Waals surface area contributed by atoms with Gasteiger partial charge >= 0.3 is 5.97 Å². The molecule has 136 valence electrons. The summed E-state index contributed by atoms with van der Waals surface area (Å²) in [6, 6.07) is 19.1. The molecule has 0 saturated carbocycles. The van der Waals surface area contributed by atoms with Gasteiger partial charge in [0.15, 0.2) is 0 Å². The second-order valence-electron chi connectivity index (χ2n) is 6.35. The molecule has 0 amide bonds. The number of ether oxygens (including phenoxy) is 1. The lowest BCUT2D eigenvalue weighted by Gasteiger charge is -2.05. The number of fused-ring (bicyclic) bond motifs is 1. The Morgan fingerprint density at radius 3 is 2.67 bits per heavy atom. The van der Waals surface area contributed by atoms with Crippen LogP contribution in [0.5, 0.6) is 5.88 Å². The number of aromatic amines is 1. The van der Waals surface area contributed by atoms with Gasteiger partial charge < -0.3 is 9.72 Å². The van der Waals surface area contributed by atoms with E-state index < -0.39 is 0 Å². The van der Waals surface area contributed by atoms with Crippen molar-refractivity contribution in [2.75, 3.05) is 0 Å². The number of H-pyrrole nitrogens is 1. The van der Waals surface area contributed by atoms with Crippen molar-refractivity contribution in [1.29, 1.82) is 0 Å². The molecular weight excluding hydrogens is 340 g/mol. The van der Waals surface area contributed by atoms with Crippen LogP contribution in [-0.2, 0) is 17.6 Å². The molecule has 0 aliphatic heterocycles. The molecule has 4 rings (SSSR count). The zero-order chi connectivity index (χ0) is 18.6. The summed E-state index contributed by atoms with van der Waals surface area (Å²) in [5.74, 6) is 0.570. The van der Waals surface area contributed by atoms with E-state index in [2.05, 4.69) is 22.0 Å². The summed E-state index contributed by atoms with van der Waals surface area (Å²) >= 11 is 0. The summed E-state index contributed by atoms with van der Waals surface area (Å²) in [5.41, 5.74) is 3.51. The average molecular weight is 360 g/mol. The van der Waals surface area contributed by atoms with E-state index in [9.17, 15) is 4.79 Å². The Morgan fingerprint density at radius 1 is 1.11 bits per heavy atom. The lowest BCUT2D eigenvalue weighted by molar-refractivity contribution is -0.134. The number of para-hydroxylation sites is 2. The van der Waals surface area contributed by atoms with Gasteiger partial charge in [0.2, 0.25) is 11.8 Å². The van der Waals surface area contributed by atoms with Gasteiger partial charge in [-0.3, -0.25) is 4.79 Å². The minimum Gasteiger partial charge on any atom is -0.407 e. The quantitative estimate of drug-likeness (QED) is 0.530. The molecule has 0 unspecified atom stereocenters. The Balaban J connectivity index is 1.64. The van der Waals surface area contributed by atoms with Crippen LogP contribution in [0, 0.1) is 0 Å². The molecule has 0 radical (unpaired) electrons. The number of nitrogens with zero attached hydrogens (tertiary/aromatic N) is 3. The number of rotatable bonds is 6. The maximum Gasteiger partial charge on any atom is 0.316 e. The van der Waals surface area contributed by atoms with Crippen LogP contribution in [0.2, 0.25) is 0 Å². The fraction of sp³-hybridized carbons (Fsp3) is 0.190. The normalized spacial score (nSPS) is 11.0. The van der Waals surface area contributed by atoms with E-state index in [0.29, 0.717) is 11.8 Å². The molecule has 2 heterocycles. The summed E-state index contributed by atoms with van der Waals surface area (Å²) in [4.78, 5) is 20.2. The minimum atomic E-state index is -0.332. The minimum absolute atomic E-state index is 0.204. The number of hydrogen-bond donors (Lipinski definition) is 1. The van der Waals surface area contributed by atoms with Crippen molar-refractivity contribution in [3.05, 3.63) is 71.9 Å². The predicted molar refractivity (Wildman–Crippen MR) is 103 cm³/mol. The number of hydrogen-bond acceptors (Lipinski definition) is 4. The molecule has 0 fully saturated rings. The SMILES string of the molecule is CCCc1cc(OC(=O)Cc2ccccc2)n(-c2nc3ccccc3[nH]2)n1. The maximum absolute atomic E-state index is 12.4. The van der Waals surface area contributed by atoms with Crippen molar-refractivity contribution in [2.24, 2.45) is 0 Å². The van der Waals surface area contributed by atoms with Gasteiger partial charge in [-0.2, -0.15) is 9.78 Å². The summed E-state index contributed by atoms with van der Waals surface area (Å²) in [5, 5.41) is 4.57. The molecule has 0 aliphatic carbocycles. The molecule has 0 spiro atoms. The van der Waals surface area contributed by atoms with Gasteiger partial charge in [0.05, 0.1) is 23.1 Å². The maximum atomic E-state index is 12.4. The molecule has 0 saturated heterocycles. The molecular formula is C21H20N4O2. The highest BCUT2D eigenvalue weighted by Gasteiger charge is 2.17. The smallest absolute Gasteiger partial charge is 0.316 e. The van der Waals surface area contributed by atoms with Gasteiger partial charge in [0.25, 0.3) is 0 Å². The fourth-order valence-corrected chi connectivity index (χ4v) is 2.97. The number of carbonyl (C=O) groups excluding carboxylic acids is 1. The first-order valence-corrected chi connectivity index (χ1v) is 9.01. The predicted octanol–water partition coefficient (Wildman–Crippen LogP) is 3.85. The number of carbonyl (C=O) groups is 1. The lowest BCUT2D eigenvalue weighted by Crippen LogP contribution is -2.14. The van der Waals surface area contributed by atoms with Crippen molar-refractivity contribution in [2.45, 2.75) is 26.2 Å². The Morgan fingerprint density at radius 2 is 1.89 bits per heavy atom. The third-order valence-corrected chi connectivity index (χ3v) is 4.22. The van der Waals surface area contributed by atoms with Crippen LogP contribution in [-0.4, -0.2) is 25.7 Å². The highest BCUT2D eigenvalue weighted by atomic mass is 16.5. The molecule has 6 heteroatoms. The van der Waals surface area contributed by atoms with Crippen LogP contribution >= 0.6 is 0 Å². The Kier molecular flexibility index (Phi) is 4.70. The molecule has 2 aromatic carbocycles. The highest BCUT2D eigenvalue weighted by molar-refractivity contribution is 5.77. The third kappa shape index (κ3) is 3.74. The second-order valence-corrected chi connectivity index (χ2v) is 6.35. The van der Waals surface area contributed by atoms with Gasteiger partial charge in [-0.1, -0.05) is 55.8 Å². The summed E-state index contributed by atoms with van der Waals surface area (Å²) in [6.45, 7) is 2.08. The fourth-order valence-electron chi connectivity index (χ4n) is 2.97. The molecule has 6 nitrogen and oxygen atoms in total. The molecule has 4 aromatic rings. The van der Waals surface area contributed by atoms with Gasteiger partial charge in [-0.25, -0.2) is 4.98 Å². The zero-order valence-electron chi connectivity index (χ0n) is 15.1. The molecule has 1 N–H and O–H groups in total. The van der Waals surface area contributed by atoms with Gasteiger partial charge in [0.1, 0.15) is 0 Å². The van der Waals surface area contributed by atoms with Crippen LogP contribution in [0.25, 0.3) is 17.0 Å². The van der Waals surface area contributed by atoms with Gasteiger partial charge in [0, 0.05) is 6.07 Å². The van der Waals surface area contributed by atoms with E-state index in [-0.39, 0.29) is 12.4 Å². The Labute approximate surface area is 156 Å². The average Bonchev–Trinajstić information content (AvgIpc) is 3.26. The number of esters is 1. The van der Waals surface area contributed by atoms with E-state index >= 15 is 0 Å². The summed E-state index contributed by atoms with van der Waals surface area (Å²) in [6.07, 6.45) is 1.96. The van der Waals surface area contributed by atoms with Crippen LogP contribution in [0.15, 0.2) is 60.7 Å². The third-order valence-electron chi connectivity index (χ3n) is 4.22. The van der Waals surface area contributed by atoms with Crippen molar-refractivity contribution in [3.8, 4) is 11.8 Å². The zero-order valence-corrected chi connectivity index (χ0v) is 15.1. The van der Waals surface area contributed by atoms with Crippen LogP contribution in [0.1, 0.15) is 24.6 Å². The first-order chi connectivity index (χ1) is 13.2. The van der Waals surface area contributed by atoms with Crippen molar-refractivity contribution >= 4 is 17.0 Å². The standard InChI is InChI=1S/C21H20N4O2/c1-2-8-16-14-19(27-20(26)13-15-9-4-3-5-10-15)25(24-16)21-22-17-11-6-7-12-18(17)23-21/h3-7,9-12,14H,2,8,13H2,1H3,(H,22,23). The van der Waals surface area contributed by atoms with Crippen LogP contribution < -0.4 is 4.74 Å². The van der Waals surface area contributed by atoms with Crippen molar-refractivity contribution in [3.63, 3.8) is 0 Å². The van der Waals surface area contributed by atoms with Crippen molar-refractivity contribution < 1.29 is 9.53 Å². The van der Waals surface area contributed by atoms with E-state index in [4.69, 9.17) is 4.74 Å². The first kappa shape index (κ1) is 17.0. The van der Waals surface area contributed by atoms with E-state index in [0.717, 1.165) is 35.1 Å². The van der Waals surface area contributed by atoms with Crippen LogP contribution in [0.4, 0.5) is 0 Å². The number of aromatic nitrogens is 4. The molecule has 0 bridgehead atoms. The largest absolute Gasteiger partial charge is 0.407 e. The number of nitrogens with one attached hydrogen (secondary N) is 1. The topological polar surface area (TPSA) is 72.8 Å². The van der Waals surface area contributed by atoms with E-state index in [1.165, 1.54) is 0 Å². The Hall–Kier alpha value is -3.41. The monoisotopic (exact) mass is 360 g/mol. The highest BCUT2D eigenvalue weighted by Crippen LogP contribution is 2.21. The first-order valence-electron chi connectivity index (χ1n) is 9.01. The molecule has 2 aromatic heterocycles. The van der Waals surface area contributed by atoms with E-state index in [1.807, 2.05) is 54.6 Å². The molecule has 0 atom stereocenters.